The summed E-state index contributed by atoms with van der Waals surface area (Å²) in [6, 6.07) is 7.66. The Bertz CT molecular complexity index is 1210. The minimum atomic E-state index is -0.368. The average Bonchev–Trinajstić information content (AvgIpc) is 3.32. The van der Waals surface area contributed by atoms with Gasteiger partial charge >= 0.3 is 6.03 Å². The number of hydrogen-bond acceptors (Lipinski definition) is 6. The first-order valence-electron chi connectivity index (χ1n) is 10.2. The third-order valence-electron chi connectivity index (χ3n) is 5.38. The highest BCUT2D eigenvalue weighted by Gasteiger charge is 2.27. The Morgan fingerprint density at radius 3 is 2.61 bits per heavy atom. The number of amides is 3. The summed E-state index contributed by atoms with van der Waals surface area (Å²) in [6.45, 7) is 7.26. The number of carbonyl (C=O) groups excluding carboxylic acids is 2. The molecule has 1 N–H and O–H groups in total. The third-order valence-corrected chi connectivity index (χ3v) is 7.67. The minimum absolute atomic E-state index is 0.0459. The molecule has 7 nitrogen and oxygen atoms in total. The zero-order chi connectivity index (χ0) is 22.1. The Labute approximate surface area is 188 Å². The highest BCUT2D eigenvalue weighted by Crippen LogP contribution is 2.30. The van der Waals surface area contributed by atoms with Gasteiger partial charge in [0.1, 0.15) is 4.83 Å². The first kappa shape index (κ1) is 21.6. The lowest BCUT2D eigenvalue weighted by molar-refractivity contribution is -0.124. The average molecular weight is 457 g/mol. The quantitative estimate of drug-likeness (QED) is 0.454. The summed E-state index contributed by atoms with van der Waals surface area (Å²) in [6.07, 6.45) is 0.843. The van der Waals surface area contributed by atoms with E-state index < -0.39 is 0 Å². The molecule has 0 radical (unpaired) electrons. The number of urea groups is 1. The summed E-state index contributed by atoms with van der Waals surface area (Å²) >= 11 is 2.74. The maximum absolute atomic E-state index is 13.5. The van der Waals surface area contributed by atoms with Crippen LogP contribution in [0.3, 0.4) is 0 Å². The largest absolute Gasteiger partial charge is 0.336 e. The molecule has 1 fully saturated rings. The smallest absolute Gasteiger partial charge is 0.324 e. The van der Waals surface area contributed by atoms with E-state index in [1.54, 1.807) is 4.57 Å². The topological polar surface area (TPSA) is 84.3 Å². The number of carbonyl (C=O) groups is 2. The van der Waals surface area contributed by atoms with E-state index in [0.29, 0.717) is 35.0 Å². The fourth-order valence-electron chi connectivity index (χ4n) is 3.62. The predicted molar refractivity (Wildman–Crippen MR) is 124 cm³/mol. The van der Waals surface area contributed by atoms with Gasteiger partial charge in [-0.05, 0) is 31.4 Å². The maximum Gasteiger partial charge on any atom is 0.324 e. The van der Waals surface area contributed by atoms with Crippen LogP contribution in [0, 0.1) is 13.8 Å². The van der Waals surface area contributed by atoms with E-state index in [2.05, 4.69) is 12.2 Å². The summed E-state index contributed by atoms with van der Waals surface area (Å²) in [5.74, 6) is -0.239. The van der Waals surface area contributed by atoms with Crippen LogP contribution in [0.4, 0.5) is 4.79 Å². The molecule has 2 aromatic heterocycles. The van der Waals surface area contributed by atoms with Crippen molar-refractivity contribution in [2.75, 3.05) is 18.8 Å². The first-order chi connectivity index (χ1) is 14.9. The molecule has 0 unspecified atom stereocenters. The Hall–Kier alpha value is -2.65. The van der Waals surface area contributed by atoms with Gasteiger partial charge in [-0.25, -0.2) is 9.78 Å². The molecule has 1 saturated heterocycles. The zero-order valence-corrected chi connectivity index (χ0v) is 19.4. The Morgan fingerprint density at radius 2 is 1.97 bits per heavy atom. The normalized spacial score (nSPS) is 13.8. The van der Waals surface area contributed by atoms with E-state index in [1.807, 2.05) is 38.1 Å². The monoisotopic (exact) mass is 456 g/mol. The van der Waals surface area contributed by atoms with Gasteiger partial charge in [-0.15, -0.1) is 11.3 Å². The molecule has 31 heavy (non-hydrogen) atoms. The molecule has 0 bridgehead atoms. The van der Waals surface area contributed by atoms with Gasteiger partial charge in [0.15, 0.2) is 5.16 Å². The Kier molecular flexibility index (Phi) is 6.15. The molecule has 3 aromatic rings. The van der Waals surface area contributed by atoms with Crippen molar-refractivity contribution in [2.24, 2.45) is 0 Å². The van der Waals surface area contributed by atoms with Gasteiger partial charge in [0.05, 0.1) is 17.7 Å². The number of hydrogen-bond donors (Lipinski definition) is 1. The van der Waals surface area contributed by atoms with Gasteiger partial charge in [-0.1, -0.05) is 48.5 Å². The number of aromatic nitrogens is 2. The van der Waals surface area contributed by atoms with E-state index in [-0.39, 0.29) is 23.3 Å². The second kappa shape index (κ2) is 8.84. The molecule has 3 amide bonds. The second-order valence-corrected chi connectivity index (χ2v) is 9.55. The van der Waals surface area contributed by atoms with Crippen molar-refractivity contribution in [2.45, 2.75) is 38.9 Å². The summed E-state index contributed by atoms with van der Waals surface area (Å²) < 4.78 is 1.65. The number of thiophene rings is 1. The molecular weight excluding hydrogens is 432 g/mol. The molecule has 162 valence electrons. The van der Waals surface area contributed by atoms with Crippen LogP contribution >= 0.6 is 23.1 Å². The molecule has 1 aliphatic rings. The number of fused-ring (bicyclic) bond motifs is 1. The molecule has 0 aliphatic carbocycles. The highest BCUT2D eigenvalue weighted by atomic mass is 32.2. The highest BCUT2D eigenvalue weighted by molar-refractivity contribution is 7.99. The van der Waals surface area contributed by atoms with E-state index in [1.165, 1.54) is 28.0 Å². The number of thioether (sulfide) groups is 1. The summed E-state index contributed by atoms with van der Waals surface area (Å²) in [7, 11) is 0. The van der Waals surface area contributed by atoms with Gasteiger partial charge < -0.3 is 5.32 Å². The number of nitrogens with one attached hydrogen (secondary N) is 1. The van der Waals surface area contributed by atoms with Crippen LogP contribution in [0.2, 0.25) is 0 Å². The lowest BCUT2D eigenvalue weighted by Gasteiger charge is -2.14. The van der Waals surface area contributed by atoms with E-state index in [0.717, 1.165) is 28.0 Å². The number of aryl methyl sites for hydroxylation is 3. The van der Waals surface area contributed by atoms with Gasteiger partial charge in [-0.3, -0.25) is 19.1 Å². The molecule has 1 aromatic carbocycles. The van der Waals surface area contributed by atoms with Crippen LogP contribution in [0.15, 0.2) is 34.2 Å². The van der Waals surface area contributed by atoms with Crippen molar-refractivity contribution in [3.05, 3.63) is 56.2 Å². The van der Waals surface area contributed by atoms with Crippen molar-refractivity contribution < 1.29 is 9.59 Å². The van der Waals surface area contributed by atoms with Gasteiger partial charge in [-0.2, -0.15) is 0 Å². The van der Waals surface area contributed by atoms with Crippen LogP contribution in [0.5, 0.6) is 0 Å². The molecule has 3 heterocycles. The fourth-order valence-corrected chi connectivity index (χ4v) is 5.65. The second-order valence-electron chi connectivity index (χ2n) is 7.52. The third kappa shape index (κ3) is 4.24. The van der Waals surface area contributed by atoms with Crippen molar-refractivity contribution >= 4 is 45.3 Å². The van der Waals surface area contributed by atoms with Crippen LogP contribution in [-0.2, 0) is 17.8 Å². The summed E-state index contributed by atoms with van der Waals surface area (Å²) in [5.41, 5.74) is 3.03. The van der Waals surface area contributed by atoms with Crippen LogP contribution in [0.1, 0.15) is 28.5 Å². The van der Waals surface area contributed by atoms with Gasteiger partial charge in [0, 0.05) is 18.0 Å². The lowest BCUT2D eigenvalue weighted by atomic mass is 10.1. The standard InChI is InChI=1S/C22H24N4O3S2/c1-4-16-14(3)18-19(31-16)24-22(30-12-17(27)25-10-9-23-21(25)29)26(20(18)28)11-15-7-5-13(2)6-8-15/h5-8H,4,9-12H2,1-3H3,(H,23,29). The van der Waals surface area contributed by atoms with Crippen LogP contribution < -0.4 is 10.9 Å². The summed E-state index contributed by atoms with van der Waals surface area (Å²) in [4.78, 5) is 45.6. The molecular formula is C22H24N4O3S2. The molecule has 0 spiro atoms. The predicted octanol–water partition coefficient (Wildman–Crippen LogP) is 3.33. The number of rotatable bonds is 6. The SMILES string of the molecule is CCc1sc2nc(SCC(=O)N3CCNC3=O)n(Cc3ccc(C)cc3)c(=O)c2c1C. The van der Waals surface area contributed by atoms with Crippen molar-refractivity contribution in [1.29, 1.82) is 0 Å². The first-order valence-corrected chi connectivity index (χ1v) is 12.0. The van der Waals surface area contributed by atoms with Crippen LogP contribution in [0.25, 0.3) is 10.2 Å². The van der Waals surface area contributed by atoms with E-state index >= 15 is 0 Å². The number of nitrogens with zero attached hydrogens (tertiary/aromatic N) is 3. The maximum atomic E-state index is 13.5. The number of benzene rings is 1. The van der Waals surface area contributed by atoms with Gasteiger partial charge in [0.2, 0.25) is 5.91 Å². The zero-order valence-electron chi connectivity index (χ0n) is 17.7. The molecule has 9 heteroatoms. The lowest BCUT2D eigenvalue weighted by Crippen LogP contribution is -2.35. The molecule has 4 rings (SSSR count). The van der Waals surface area contributed by atoms with Crippen molar-refractivity contribution in [3.8, 4) is 0 Å². The van der Waals surface area contributed by atoms with E-state index in [9.17, 15) is 14.4 Å². The van der Waals surface area contributed by atoms with Crippen molar-refractivity contribution in [3.63, 3.8) is 0 Å². The van der Waals surface area contributed by atoms with E-state index in [4.69, 9.17) is 4.98 Å². The fraction of sp³-hybridized carbons (Fsp3) is 0.364. The van der Waals surface area contributed by atoms with Gasteiger partial charge in [0.25, 0.3) is 5.56 Å². The Morgan fingerprint density at radius 1 is 1.23 bits per heavy atom. The molecule has 1 aliphatic heterocycles. The minimum Gasteiger partial charge on any atom is -0.336 e. The Balaban J connectivity index is 1.72. The number of imide groups is 1. The summed E-state index contributed by atoms with van der Waals surface area (Å²) in [5, 5.41) is 3.79. The molecule has 0 atom stereocenters. The molecule has 0 saturated carbocycles. The van der Waals surface area contributed by atoms with Crippen LogP contribution in [-0.4, -0.2) is 45.2 Å². The van der Waals surface area contributed by atoms with Crippen molar-refractivity contribution in [1.82, 2.24) is 19.8 Å².